The van der Waals surface area contributed by atoms with Gasteiger partial charge in [-0.2, -0.15) is 0 Å². The monoisotopic (exact) mass is 603 g/mol. The topological polar surface area (TPSA) is 125 Å². The lowest BCUT2D eigenvalue weighted by Crippen LogP contribution is -2.41. The molecule has 0 unspecified atom stereocenters. The molecule has 4 N–H and O–H groups in total. The van der Waals surface area contributed by atoms with Gasteiger partial charge in [0.05, 0.1) is 5.56 Å². The van der Waals surface area contributed by atoms with Gasteiger partial charge in [-0.05, 0) is 117 Å². The maximum absolute atomic E-state index is 13.2. The van der Waals surface area contributed by atoms with Crippen LogP contribution in [0.3, 0.4) is 0 Å². The number of nitrogens with zero attached hydrogens (tertiary/aromatic N) is 2. The largest absolute Gasteiger partial charge is 0.399 e. The van der Waals surface area contributed by atoms with Crippen molar-refractivity contribution >= 4 is 50.9 Å². The number of nitrogens with two attached hydrogens (primary N) is 1. The fraction of sp³-hybridized carbons (Fsp3) is 0.333. The Balaban J connectivity index is 0.791. The van der Waals surface area contributed by atoms with E-state index in [2.05, 4.69) is 10.6 Å². The highest BCUT2D eigenvalue weighted by Gasteiger charge is 2.35. The van der Waals surface area contributed by atoms with Gasteiger partial charge >= 0.3 is 0 Å². The summed E-state index contributed by atoms with van der Waals surface area (Å²) in [5, 5.41) is 10.3. The minimum Gasteiger partial charge on any atom is -0.399 e. The van der Waals surface area contributed by atoms with Gasteiger partial charge in [0, 0.05) is 46.2 Å². The van der Waals surface area contributed by atoms with Gasteiger partial charge in [-0.3, -0.25) is 29.0 Å². The molecule has 2 heterocycles. The molecule has 45 heavy (non-hydrogen) atoms. The predicted molar refractivity (Wildman–Crippen MR) is 175 cm³/mol. The summed E-state index contributed by atoms with van der Waals surface area (Å²) in [7, 11) is 0. The molecule has 7 rings (SSSR count). The van der Waals surface area contributed by atoms with Crippen LogP contribution >= 0.6 is 0 Å². The zero-order valence-corrected chi connectivity index (χ0v) is 25.3. The number of anilines is 1. The molecule has 0 atom stereocenters. The Morgan fingerprint density at radius 3 is 1.64 bits per heavy atom. The number of imide groups is 2. The van der Waals surface area contributed by atoms with Gasteiger partial charge in [-0.1, -0.05) is 24.3 Å². The van der Waals surface area contributed by atoms with Crippen LogP contribution in [0.15, 0.2) is 54.6 Å². The van der Waals surface area contributed by atoms with Gasteiger partial charge in [0.1, 0.15) is 0 Å². The van der Waals surface area contributed by atoms with E-state index in [4.69, 9.17) is 5.73 Å². The second-order valence-corrected chi connectivity index (χ2v) is 12.2. The molecule has 0 aromatic heterocycles. The van der Waals surface area contributed by atoms with Gasteiger partial charge in [0.15, 0.2) is 0 Å². The van der Waals surface area contributed by atoms with Crippen molar-refractivity contribution in [3.05, 3.63) is 88.0 Å². The van der Waals surface area contributed by atoms with Gasteiger partial charge in [-0.25, -0.2) is 0 Å². The van der Waals surface area contributed by atoms with Gasteiger partial charge in [0.2, 0.25) is 0 Å². The van der Waals surface area contributed by atoms with Crippen molar-refractivity contribution in [1.82, 2.24) is 20.4 Å². The normalized spacial score (nSPS) is 15.3. The molecule has 4 amide bonds. The number of unbranched alkanes of at least 4 members (excludes halogenated alkanes) is 1. The summed E-state index contributed by atoms with van der Waals surface area (Å²) < 4.78 is 0. The third kappa shape index (κ3) is 5.15. The molecule has 9 heteroatoms. The van der Waals surface area contributed by atoms with E-state index in [0.29, 0.717) is 65.8 Å². The highest BCUT2D eigenvalue weighted by atomic mass is 16.2. The van der Waals surface area contributed by atoms with Gasteiger partial charge < -0.3 is 16.4 Å². The number of hydrogen-bond acceptors (Lipinski definition) is 7. The van der Waals surface area contributed by atoms with E-state index in [1.54, 1.807) is 18.2 Å². The zero-order chi connectivity index (χ0) is 31.1. The number of carbonyl (C=O) groups excluding carboxylic acids is 4. The molecule has 0 spiro atoms. The third-order valence-electron chi connectivity index (χ3n) is 9.33. The number of hydrogen-bond donors (Lipinski definition) is 3. The Hall–Kier alpha value is -4.60. The molecular weight excluding hydrogens is 566 g/mol. The summed E-state index contributed by atoms with van der Waals surface area (Å²) in [5.74, 6) is -0.909. The standard InChI is InChI=1S/C36H37N5O4/c37-25-20-24-6-3-7-26-31(24)29(21-25)36(45)41(33(26)42)19-5-17-39-15-2-1-14-38-16-4-18-40-34(43)27-12-10-22-8-9-23-11-13-28(35(40)44)32(27)30(22)23/h3,6-7,10-13,20-21,38-39H,1-2,4-5,8-9,14-19,37H2. The van der Waals surface area contributed by atoms with Crippen LogP contribution in [0.25, 0.3) is 21.5 Å². The average molecular weight is 604 g/mol. The molecule has 0 saturated heterocycles. The van der Waals surface area contributed by atoms with Crippen molar-refractivity contribution in [2.24, 2.45) is 0 Å². The van der Waals surface area contributed by atoms with E-state index < -0.39 is 0 Å². The first-order valence-corrected chi connectivity index (χ1v) is 16.0. The molecule has 0 radical (unpaired) electrons. The van der Waals surface area contributed by atoms with Gasteiger partial charge in [-0.15, -0.1) is 0 Å². The quantitative estimate of drug-likeness (QED) is 0.118. The Morgan fingerprint density at radius 1 is 0.556 bits per heavy atom. The van der Waals surface area contributed by atoms with E-state index in [1.165, 1.54) is 20.9 Å². The van der Waals surface area contributed by atoms with Crippen LogP contribution in [0.1, 0.15) is 78.2 Å². The minimum atomic E-state index is -0.286. The molecule has 0 fully saturated rings. The smallest absolute Gasteiger partial charge is 0.261 e. The Kier molecular flexibility index (Phi) is 7.81. The number of nitrogen functional groups attached to an aromatic ring is 1. The molecule has 230 valence electrons. The average Bonchev–Trinajstić information content (AvgIpc) is 3.47. The third-order valence-corrected chi connectivity index (χ3v) is 9.33. The lowest BCUT2D eigenvalue weighted by Gasteiger charge is -2.27. The van der Waals surface area contributed by atoms with Crippen molar-refractivity contribution in [3.8, 4) is 0 Å². The Labute approximate surface area is 261 Å². The van der Waals surface area contributed by atoms with Crippen molar-refractivity contribution in [2.45, 2.75) is 38.5 Å². The number of aryl methyl sites for hydroxylation is 2. The maximum atomic E-state index is 13.2. The summed E-state index contributed by atoms with van der Waals surface area (Å²) in [5.41, 5.74) is 11.3. The fourth-order valence-corrected chi connectivity index (χ4v) is 7.13. The van der Waals surface area contributed by atoms with Crippen LogP contribution in [0.5, 0.6) is 0 Å². The number of carbonyl (C=O) groups is 4. The summed E-state index contributed by atoms with van der Waals surface area (Å²) in [6, 6.07) is 16.8. The van der Waals surface area contributed by atoms with Crippen LogP contribution in [-0.4, -0.2) is 72.7 Å². The first-order valence-electron chi connectivity index (χ1n) is 16.0. The van der Waals surface area contributed by atoms with E-state index in [1.807, 2.05) is 36.4 Å². The van der Waals surface area contributed by atoms with E-state index in [-0.39, 0.29) is 23.6 Å². The molecule has 0 bridgehead atoms. The van der Waals surface area contributed by atoms with Crippen molar-refractivity contribution in [1.29, 1.82) is 0 Å². The number of rotatable bonds is 13. The lowest BCUT2D eigenvalue weighted by molar-refractivity contribution is 0.0593. The summed E-state index contributed by atoms with van der Waals surface area (Å²) in [6.07, 6.45) is 5.27. The van der Waals surface area contributed by atoms with Crippen LogP contribution in [0.4, 0.5) is 5.69 Å². The molecule has 9 nitrogen and oxygen atoms in total. The first-order chi connectivity index (χ1) is 21.9. The van der Waals surface area contributed by atoms with E-state index in [0.717, 1.165) is 61.5 Å². The lowest BCUT2D eigenvalue weighted by atomic mass is 9.91. The van der Waals surface area contributed by atoms with Crippen molar-refractivity contribution in [3.63, 3.8) is 0 Å². The molecule has 0 saturated carbocycles. The predicted octanol–water partition coefficient (Wildman–Crippen LogP) is 4.31. The number of benzene rings is 4. The Bertz CT molecular complexity index is 1820. The second kappa shape index (κ2) is 12.1. The molecule has 3 aliphatic rings. The number of amides is 4. The zero-order valence-electron chi connectivity index (χ0n) is 25.3. The Morgan fingerprint density at radius 2 is 1.07 bits per heavy atom. The van der Waals surface area contributed by atoms with Crippen LogP contribution in [0.2, 0.25) is 0 Å². The summed E-state index contributed by atoms with van der Waals surface area (Å²) in [4.78, 5) is 55.3. The van der Waals surface area contributed by atoms with Crippen LogP contribution < -0.4 is 16.4 Å². The van der Waals surface area contributed by atoms with Crippen molar-refractivity contribution in [2.75, 3.05) is 45.0 Å². The highest BCUT2D eigenvalue weighted by molar-refractivity contribution is 6.27. The second-order valence-electron chi connectivity index (χ2n) is 12.2. The maximum Gasteiger partial charge on any atom is 0.261 e. The van der Waals surface area contributed by atoms with Crippen molar-refractivity contribution < 1.29 is 19.2 Å². The number of nitrogens with one attached hydrogen (secondary N) is 2. The van der Waals surface area contributed by atoms with E-state index >= 15 is 0 Å². The highest BCUT2D eigenvalue weighted by Crippen LogP contribution is 2.38. The molecule has 4 aromatic rings. The van der Waals surface area contributed by atoms with Gasteiger partial charge in [0.25, 0.3) is 23.6 Å². The van der Waals surface area contributed by atoms with Crippen LogP contribution in [0, 0.1) is 0 Å². The molecule has 4 aromatic carbocycles. The molecular formula is C36H37N5O4. The summed E-state index contributed by atoms with van der Waals surface area (Å²) >= 11 is 0. The molecule has 2 aliphatic heterocycles. The minimum absolute atomic E-state index is 0.185. The molecule has 1 aliphatic carbocycles. The first kappa shape index (κ1) is 29.1. The van der Waals surface area contributed by atoms with Crippen LogP contribution in [-0.2, 0) is 12.8 Å². The summed E-state index contributed by atoms with van der Waals surface area (Å²) in [6.45, 7) is 3.87. The van der Waals surface area contributed by atoms with E-state index in [9.17, 15) is 19.2 Å². The SMILES string of the molecule is Nc1cc2c3c(cccc3c1)C(=O)N(CCCNCCCCNCCCN1C(=O)c3ccc4c5c(ccc(c35)C1=O)CC4)C2=O. The fourth-order valence-electron chi connectivity index (χ4n) is 7.13.